The molecular formula is C21H24N6O3S. The average molecular weight is 441 g/mol. The molecule has 31 heavy (non-hydrogen) atoms. The fraction of sp³-hybridized carbons (Fsp3) is 0.286. The second-order valence-electron chi connectivity index (χ2n) is 7.38. The number of benzene rings is 1. The van der Waals surface area contributed by atoms with Crippen LogP contribution in [0.15, 0.2) is 60.0 Å². The molecule has 0 saturated heterocycles. The van der Waals surface area contributed by atoms with Gasteiger partial charge in [-0.25, -0.2) is 18.1 Å². The van der Waals surface area contributed by atoms with Crippen LogP contribution in [0.5, 0.6) is 0 Å². The molecule has 2 N–H and O–H groups in total. The quantitative estimate of drug-likeness (QED) is 0.457. The summed E-state index contributed by atoms with van der Waals surface area (Å²) in [6.07, 6.45) is 7.03. The summed E-state index contributed by atoms with van der Waals surface area (Å²) in [5, 5.41) is 20.0. The van der Waals surface area contributed by atoms with Crippen molar-refractivity contribution in [3.63, 3.8) is 0 Å². The molecule has 10 heteroatoms. The third-order valence-electron chi connectivity index (χ3n) is 5.56. The normalized spacial score (nSPS) is 12.4. The fourth-order valence-corrected chi connectivity index (χ4v) is 4.58. The van der Waals surface area contributed by atoms with Gasteiger partial charge in [0, 0.05) is 18.6 Å². The molecule has 0 aliphatic rings. The predicted molar refractivity (Wildman–Crippen MR) is 117 cm³/mol. The molecule has 4 aromatic rings. The van der Waals surface area contributed by atoms with E-state index in [1.54, 1.807) is 48.4 Å². The highest BCUT2D eigenvalue weighted by atomic mass is 32.2. The lowest BCUT2D eigenvalue weighted by atomic mass is 9.89. The number of para-hydroxylation sites is 1. The van der Waals surface area contributed by atoms with Crippen LogP contribution in [0.2, 0.25) is 0 Å². The number of pyridine rings is 1. The number of nitrogens with one attached hydrogen (secondary N) is 1. The molecule has 0 aliphatic carbocycles. The second-order valence-corrected chi connectivity index (χ2v) is 9.06. The number of hydrogen-bond donors (Lipinski definition) is 2. The van der Waals surface area contributed by atoms with Gasteiger partial charge in [0.25, 0.3) is 10.0 Å². The smallest absolute Gasteiger partial charge is 0.265 e. The van der Waals surface area contributed by atoms with E-state index in [2.05, 4.69) is 19.9 Å². The number of nitrogens with zero attached hydrogens (tertiary/aromatic N) is 5. The minimum Gasteiger partial charge on any atom is -0.385 e. The summed E-state index contributed by atoms with van der Waals surface area (Å²) in [6.45, 7) is 3.83. The Labute approximate surface area is 180 Å². The molecule has 0 atom stereocenters. The van der Waals surface area contributed by atoms with Crippen molar-refractivity contribution in [3.8, 4) is 5.82 Å². The maximum absolute atomic E-state index is 13.0. The van der Waals surface area contributed by atoms with Crippen LogP contribution in [-0.2, 0) is 22.7 Å². The minimum atomic E-state index is -3.89. The van der Waals surface area contributed by atoms with Gasteiger partial charge in [0.05, 0.1) is 35.4 Å². The number of fused-ring (bicyclic) bond motifs is 1. The molecule has 3 heterocycles. The van der Waals surface area contributed by atoms with Gasteiger partial charge in [-0.05, 0) is 36.6 Å². The molecule has 1 aromatic carbocycles. The predicted octanol–water partition coefficient (Wildman–Crippen LogP) is 2.96. The molecule has 0 aliphatic heterocycles. The summed E-state index contributed by atoms with van der Waals surface area (Å²) in [7, 11) is -2.13. The number of hydrogen-bond acceptors (Lipinski definition) is 6. The lowest BCUT2D eigenvalue weighted by molar-refractivity contribution is 0.0283. The molecule has 162 valence electrons. The number of aryl methyl sites for hydroxylation is 1. The SMILES string of the molecule is CCC(O)(CC)c1ccnc(-n2cc(S(=O)(=O)Nc3cccc4cnn(C)c34)cn2)c1. The first-order chi connectivity index (χ1) is 14.8. The average Bonchev–Trinajstić information content (AvgIpc) is 3.42. The zero-order valence-electron chi connectivity index (χ0n) is 17.5. The maximum Gasteiger partial charge on any atom is 0.265 e. The summed E-state index contributed by atoms with van der Waals surface area (Å²) in [6, 6.07) is 8.80. The Morgan fingerprint density at radius 1 is 1.13 bits per heavy atom. The van der Waals surface area contributed by atoms with E-state index in [1.807, 2.05) is 19.9 Å². The van der Waals surface area contributed by atoms with Crippen molar-refractivity contribution >= 4 is 26.6 Å². The lowest BCUT2D eigenvalue weighted by Crippen LogP contribution is -2.23. The molecule has 4 rings (SSSR count). The van der Waals surface area contributed by atoms with Crippen LogP contribution in [0.1, 0.15) is 32.3 Å². The molecule has 0 spiro atoms. The fourth-order valence-electron chi connectivity index (χ4n) is 3.58. The molecule has 0 amide bonds. The van der Waals surface area contributed by atoms with Crippen molar-refractivity contribution in [1.29, 1.82) is 0 Å². The highest BCUT2D eigenvalue weighted by Crippen LogP contribution is 2.29. The summed E-state index contributed by atoms with van der Waals surface area (Å²) < 4.78 is 31.6. The monoisotopic (exact) mass is 440 g/mol. The summed E-state index contributed by atoms with van der Waals surface area (Å²) in [5.41, 5.74) is 0.860. The largest absolute Gasteiger partial charge is 0.385 e. The van der Waals surface area contributed by atoms with Gasteiger partial charge in [-0.15, -0.1) is 0 Å². The summed E-state index contributed by atoms with van der Waals surface area (Å²) >= 11 is 0. The molecule has 0 unspecified atom stereocenters. The highest BCUT2D eigenvalue weighted by molar-refractivity contribution is 7.92. The molecule has 0 fully saturated rings. The van der Waals surface area contributed by atoms with Crippen LogP contribution in [0.4, 0.5) is 5.69 Å². The van der Waals surface area contributed by atoms with Crippen molar-refractivity contribution in [1.82, 2.24) is 24.5 Å². The van der Waals surface area contributed by atoms with Crippen molar-refractivity contribution in [2.24, 2.45) is 7.05 Å². The third-order valence-corrected chi connectivity index (χ3v) is 6.88. The number of aromatic nitrogens is 5. The second kappa shape index (κ2) is 7.78. The first-order valence-electron chi connectivity index (χ1n) is 9.95. The van der Waals surface area contributed by atoms with E-state index >= 15 is 0 Å². The molecule has 0 radical (unpaired) electrons. The van der Waals surface area contributed by atoms with Crippen molar-refractivity contribution in [3.05, 3.63) is 60.7 Å². The number of anilines is 1. The Kier molecular flexibility index (Phi) is 5.28. The van der Waals surface area contributed by atoms with Gasteiger partial charge in [0.15, 0.2) is 5.82 Å². The molecule has 0 saturated carbocycles. The Balaban J connectivity index is 1.66. The van der Waals surface area contributed by atoms with Gasteiger partial charge in [0.1, 0.15) is 4.90 Å². The Morgan fingerprint density at radius 2 is 1.90 bits per heavy atom. The Bertz CT molecular complexity index is 1340. The van der Waals surface area contributed by atoms with Gasteiger partial charge in [-0.3, -0.25) is 9.40 Å². The number of sulfonamides is 1. The minimum absolute atomic E-state index is 0.000110. The molecule has 9 nitrogen and oxygen atoms in total. The van der Waals surface area contributed by atoms with Gasteiger partial charge >= 0.3 is 0 Å². The van der Waals surface area contributed by atoms with Crippen molar-refractivity contribution in [2.45, 2.75) is 37.2 Å². The summed E-state index contributed by atoms with van der Waals surface area (Å²) in [4.78, 5) is 4.28. The zero-order chi connectivity index (χ0) is 22.2. The van der Waals surface area contributed by atoms with Crippen LogP contribution in [0.25, 0.3) is 16.7 Å². The Hall–Kier alpha value is -3.24. The topological polar surface area (TPSA) is 115 Å². The molecule has 0 bridgehead atoms. The van der Waals surface area contributed by atoms with Gasteiger partial charge in [-0.1, -0.05) is 26.0 Å². The number of rotatable bonds is 7. The first kappa shape index (κ1) is 21.0. The van der Waals surface area contributed by atoms with E-state index in [0.717, 1.165) is 5.39 Å². The van der Waals surface area contributed by atoms with E-state index in [-0.39, 0.29) is 4.90 Å². The van der Waals surface area contributed by atoms with Crippen molar-refractivity contribution in [2.75, 3.05) is 4.72 Å². The third kappa shape index (κ3) is 3.79. The van der Waals surface area contributed by atoms with Crippen LogP contribution >= 0.6 is 0 Å². The van der Waals surface area contributed by atoms with Crippen LogP contribution in [0, 0.1) is 0 Å². The van der Waals surface area contributed by atoms with E-state index in [1.165, 1.54) is 17.1 Å². The Morgan fingerprint density at radius 3 is 2.65 bits per heavy atom. The number of aliphatic hydroxyl groups is 1. The van der Waals surface area contributed by atoms with Crippen molar-refractivity contribution < 1.29 is 13.5 Å². The van der Waals surface area contributed by atoms with E-state index < -0.39 is 15.6 Å². The van der Waals surface area contributed by atoms with Gasteiger partial charge < -0.3 is 5.11 Å². The van der Waals surface area contributed by atoms with E-state index in [4.69, 9.17) is 0 Å². The molecular weight excluding hydrogens is 416 g/mol. The van der Waals surface area contributed by atoms with Crippen LogP contribution < -0.4 is 4.72 Å². The first-order valence-corrected chi connectivity index (χ1v) is 11.4. The zero-order valence-corrected chi connectivity index (χ0v) is 18.3. The van der Waals surface area contributed by atoms with Crippen LogP contribution in [0.3, 0.4) is 0 Å². The maximum atomic E-state index is 13.0. The van der Waals surface area contributed by atoms with Gasteiger partial charge in [-0.2, -0.15) is 10.2 Å². The molecule has 3 aromatic heterocycles. The van der Waals surface area contributed by atoms with Crippen LogP contribution in [-0.4, -0.2) is 38.1 Å². The summed E-state index contributed by atoms with van der Waals surface area (Å²) in [5.74, 6) is 0.424. The lowest BCUT2D eigenvalue weighted by Gasteiger charge is -2.25. The highest BCUT2D eigenvalue weighted by Gasteiger charge is 2.26. The standard InChI is InChI=1S/C21H24N6O3S/c1-4-21(28,5-2)16-9-10-22-19(11-16)27-14-17(13-24-27)31(29,30)25-18-8-6-7-15-12-23-26(3)20(15)18/h6-14,25,28H,4-5H2,1-3H3. The van der Waals surface area contributed by atoms with E-state index in [0.29, 0.717) is 35.4 Å². The van der Waals surface area contributed by atoms with Gasteiger partial charge in [0.2, 0.25) is 0 Å². The van der Waals surface area contributed by atoms with E-state index in [9.17, 15) is 13.5 Å².